The monoisotopic (exact) mass is 498 g/mol. The van der Waals surface area contributed by atoms with E-state index >= 15 is 0 Å². The fourth-order valence-electron chi connectivity index (χ4n) is 2.82. The van der Waals surface area contributed by atoms with Crippen LogP contribution in [0, 0.1) is 0 Å². The van der Waals surface area contributed by atoms with Crippen molar-refractivity contribution in [2.24, 2.45) is 4.99 Å². The highest BCUT2D eigenvalue weighted by atomic mass is 127. The van der Waals surface area contributed by atoms with E-state index in [9.17, 15) is 8.78 Å². The van der Waals surface area contributed by atoms with E-state index < -0.39 is 6.61 Å². The van der Waals surface area contributed by atoms with Crippen molar-refractivity contribution in [2.75, 3.05) is 20.1 Å². The summed E-state index contributed by atoms with van der Waals surface area (Å²) in [6.45, 7) is 8.32. The van der Waals surface area contributed by atoms with Crippen LogP contribution in [0.4, 0.5) is 8.78 Å². The third-order valence-corrected chi connectivity index (χ3v) is 4.02. The first-order chi connectivity index (χ1) is 12.3. The summed E-state index contributed by atoms with van der Waals surface area (Å²) in [5.41, 5.74) is 0.844. The normalized spacial score (nSPS) is 11.9. The molecule has 0 bridgehead atoms. The Morgan fingerprint density at radius 1 is 1.15 bits per heavy atom. The number of hydrogen-bond acceptors (Lipinski definition) is 3. The quantitative estimate of drug-likeness (QED) is 0.221. The number of ether oxygens (including phenoxy) is 1. The summed E-state index contributed by atoms with van der Waals surface area (Å²) in [4.78, 5) is 6.64. The number of hydrogen-bond donors (Lipinski definition) is 2. The van der Waals surface area contributed by atoms with Crippen LogP contribution in [0.2, 0.25) is 0 Å². The maximum atomic E-state index is 12.3. The Hall–Kier alpha value is -1.16. The highest BCUT2D eigenvalue weighted by Gasteiger charge is 2.12. The Labute approximate surface area is 179 Å². The SMILES string of the molecule is CN=C(NCCCN(C(C)C)C(C)C)NCc1cccc(OC(F)F)c1.I. The summed E-state index contributed by atoms with van der Waals surface area (Å²) in [6, 6.07) is 7.69. The number of halogens is 3. The fourth-order valence-corrected chi connectivity index (χ4v) is 2.82. The first kappa shape index (κ1) is 25.8. The molecule has 0 fully saturated rings. The third-order valence-electron chi connectivity index (χ3n) is 4.02. The van der Waals surface area contributed by atoms with Crippen molar-refractivity contribution in [3.63, 3.8) is 0 Å². The molecule has 0 heterocycles. The number of aliphatic imine (C=N–C) groups is 1. The number of nitrogens with zero attached hydrogens (tertiary/aromatic N) is 2. The average Bonchev–Trinajstić information content (AvgIpc) is 2.56. The van der Waals surface area contributed by atoms with Crippen LogP contribution in [0.15, 0.2) is 29.3 Å². The molecule has 156 valence electrons. The predicted molar refractivity (Wildman–Crippen MR) is 118 cm³/mol. The summed E-state index contributed by atoms with van der Waals surface area (Å²) in [5.74, 6) is 0.843. The molecule has 0 saturated heterocycles. The molecule has 27 heavy (non-hydrogen) atoms. The molecule has 1 rings (SSSR count). The van der Waals surface area contributed by atoms with Gasteiger partial charge in [-0.15, -0.1) is 24.0 Å². The molecule has 0 aliphatic heterocycles. The van der Waals surface area contributed by atoms with Crippen molar-refractivity contribution in [3.8, 4) is 5.75 Å². The molecule has 8 heteroatoms. The minimum Gasteiger partial charge on any atom is -0.435 e. The van der Waals surface area contributed by atoms with Crippen LogP contribution in [-0.2, 0) is 6.54 Å². The molecule has 0 radical (unpaired) electrons. The minimum atomic E-state index is -2.82. The van der Waals surface area contributed by atoms with E-state index in [1.165, 1.54) is 6.07 Å². The molecular formula is C19H33F2IN4O. The third kappa shape index (κ3) is 10.7. The second kappa shape index (κ2) is 13.9. The zero-order chi connectivity index (χ0) is 19.5. The second-order valence-electron chi connectivity index (χ2n) is 6.66. The van der Waals surface area contributed by atoms with Crippen molar-refractivity contribution in [3.05, 3.63) is 29.8 Å². The van der Waals surface area contributed by atoms with Crippen molar-refractivity contribution in [2.45, 2.75) is 59.4 Å². The lowest BCUT2D eigenvalue weighted by Crippen LogP contribution is -2.41. The molecule has 0 amide bonds. The highest BCUT2D eigenvalue weighted by Crippen LogP contribution is 2.15. The smallest absolute Gasteiger partial charge is 0.387 e. The summed E-state index contributed by atoms with van der Waals surface area (Å²) in [5, 5.41) is 6.46. The average molecular weight is 498 g/mol. The molecular weight excluding hydrogens is 465 g/mol. The van der Waals surface area contributed by atoms with E-state index in [0.29, 0.717) is 24.6 Å². The fraction of sp³-hybridized carbons (Fsp3) is 0.632. The predicted octanol–water partition coefficient (Wildman–Crippen LogP) is 4.08. The number of rotatable bonds is 10. The largest absolute Gasteiger partial charge is 0.435 e. The van der Waals surface area contributed by atoms with Gasteiger partial charge in [-0.25, -0.2) is 0 Å². The van der Waals surface area contributed by atoms with Crippen LogP contribution in [-0.4, -0.2) is 49.7 Å². The van der Waals surface area contributed by atoms with Crippen LogP contribution in [0.3, 0.4) is 0 Å². The lowest BCUT2D eigenvalue weighted by molar-refractivity contribution is -0.0498. The van der Waals surface area contributed by atoms with Crippen LogP contribution in [0.25, 0.3) is 0 Å². The van der Waals surface area contributed by atoms with E-state index in [1.807, 2.05) is 6.07 Å². The van der Waals surface area contributed by atoms with Gasteiger partial charge in [-0.3, -0.25) is 9.89 Å². The van der Waals surface area contributed by atoms with Gasteiger partial charge in [-0.2, -0.15) is 8.78 Å². The van der Waals surface area contributed by atoms with Crippen molar-refractivity contribution >= 4 is 29.9 Å². The zero-order valence-electron chi connectivity index (χ0n) is 16.8. The zero-order valence-corrected chi connectivity index (χ0v) is 19.2. The summed E-state index contributed by atoms with van der Waals surface area (Å²) < 4.78 is 29.0. The number of nitrogens with one attached hydrogen (secondary N) is 2. The number of alkyl halides is 2. The van der Waals surface area contributed by atoms with Crippen LogP contribution >= 0.6 is 24.0 Å². The summed E-state index contributed by atoms with van der Waals surface area (Å²) in [7, 11) is 1.71. The maximum absolute atomic E-state index is 12.3. The van der Waals surface area contributed by atoms with Crippen molar-refractivity contribution < 1.29 is 13.5 Å². The number of guanidine groups is 1. The van der Waals surface area contributed by atoms with E-state index in [2.05, 4.69) is 53.0 Å². The molecule has 2 N–H and O–H groups in total. The van der Waals surface area contributed by atoms with Crippen LogP contribution < -0.4 is 15.4 Å². The lowest BCUT2D eigenvalue weighted by atomic mass is 10.2. The first-order valence-corrected chi connectivity index (χ1v) is 9.07. The van der Waals surface area contributed by atoms with Gasteiger partial charge >= 0.3 is 6.61 Å². The molecule has 0 spiro atoms. The molecule has 0 unspecified atom stereocenters. The Kier molecular flexibility index (Phi) is 13.3. The Balaban J connectivity index is 0.00000676. The Morgan fingerprint density at radius 3 is 2.37 bits per heavy atom. The molecule has 5 nitrogen and oxygen atoms in total. The van der Waals surface area contributed by atoms with Gasteiger partial charge in [0.15, 0.2) is 5.96 Å². The molecule has 1 aromatic rings. The van der Waals surface area contributed by atoms with E-state index in [4.69, 9.17) is 0 Å². The van der Waals surface area contributed by atoms with E-state index in [0.717, 1.165) is 25.1 Å². The van der Waals surface area contributed by atoms with Gasteiger partial charge in [0.1, 0.15) is 5.75 Å². The minimum absolute atomic E-state index is 0. The van der Waals surface area contributed by atoms with Gasteiger partial charge in [0, 0.05) is 38.8 Å². The number of benzene rings is 1. The van der Waals surface area contributed by atoms with Crippen LogP contribution in [0.5, 0.6) is 5.75 Å². The molecule has 0 atom stereocenters. The van der Waals surface area contributed by atoms with Gasteiger partial charge in [0.05, 0.1) is 0 Å². The molecule has 0 aliphatic rings. The molecule has 0 saturated carbocycles. The molecule has 1 aromatic carbocycles. The Morgan fingerprint density at radius 2 is 1.81 bits per heavy atom. The van der Waals surface area contributed by atoms with E-state index in [-0.39, 0.29) is 29.7 Å². The van der Waals surface area contributed by atoms with Gasteiger partial charge < -0.3 is 15.4 Å². The lowest BCUT2D eigenvalue weighted by Gasteiger charge is -2.30. The Bertz CT molecular complexity index is 548. The second-order valence-corrected chi connectivity index (χ2v) is 6.66. The molecule has 0 aromatic heterocycles. The van der Waals surface area contributed by atoms with Crippen LogP contribution in [0.1, 0.15) is 39.7 Å². The van der Waals surface area contributed by atoms with Gasteiger partial charge in [-0.05, 0) is 51.8 Å². The summed E-state index contributed by atoms with van der Waals surface area (Å²) in [6.07, 6.45) is 1.01. The standard InChI is InChI=1S/C19H32F2N4O.HI/c1-14(2)25(15(3)4)11-7-10-23-19(22-5)24-13-16-8-6-9-17(12-16)26-18(20)21;/h6,8-9,12,14-15,18H,7,10-11,13H2,1-5H3,(H2,22,23,24);1H. The highest BCUT2D eigenvalue weighted by molar-refractivity contribution is 14.0. The van der Waals surface area contributed by atoms with Crippen molar-refractivity contribution in [1.82, 2.24) is 15.5 Å². The van der Waals surface area contributed by atoms with Gasteiger partial charge in [-0.1, -0.05) is 12.1 Å². The van der Waals surface area contributed by atoms with Gasteiger partial charge in [0.25, 0.3) is 0 Å². The summed E-state index contributed by atoms with van der Waals surface area (Å²) >= 11 is 0. The molecule has 0 aliphatic carbocycles. The van der Waals surface area contributed by atoms with E-state index in [1.54, 1.807) is 19.2 Å². The van der Waals surface area contributed by atoms with Gasteiger partial charge in [0.2, 0.25) is 0 Å². The first-order valence-electron chi connectivity index (χ1n) is 9.07. The maximum Gasteiger partial charge on any atom is 0.387 e. The topological polar surface area (TPSA) is 48.9 Å². The van der Waals surface area contributed by atoms with Crippen molar-refractivity contribution in [1.29, 1.82) is 0 Å².